The third-order valence-electron chi connectivity index (χ3n) is 3.59. The van der Waals surface area contributed by atoms with Gasteiger partial charge in [0.2, 0.25) is 12.3 Å². The summed E-state index contributed by atoms with van der Waals surface area (Å²) in [6, 6.07) is 7.68. The first kappa shape index (κ1) is 17.7. The number of nitrogens with one attached hydrogen (secondary N) is 4. The van der Waals surface area contributed by atoms with Gasteiger partial charge in [-0.2, -0.15) is 0 Å². The summed E-state index contributed by atoms with van der Waals surface area (Å²) in [6.45, 7) is 1.50. The van der Waals surface area contributed by atoms with Gasteiger partial charge in [-0.05, 0) is 37.1 Å². The van der Waals surface area contributed by atoms with Crippen molar-refractivity contribution < 1.29 is 19.1 Å². The normalized spacial score (nSPS) is 16.2. The van der Waals surface area contributed by atoms with Crippen LogP contribution in [0.2, 0.25) is 0 Å². The third kappa shape index (κ3) is 6.25. The molecule has 1 fully saturated rings. The Morgan fingerprint density at radius 2 is 1.96 bits per heavy atom. The zero-order valence-corrected chi connectivity index (χ0v) is 13.3. The van der Waals surface area contributed by atoms with Crippen LogP contribution in [-0.2, 0) is 20.8 Å². The second kappa shape index (κ2) is 9.51. The Kier molecular flexibility index (Phi) is 7.03. The minimum absolute atomic E-state index is 0.131. The van der Waals surface area contributed by atoms with Crippen molar-refractivity contribution >= 4 is 18.2 Å². The van der Waals surface area contributed by atoms with E-state index in [1.54, 1.807) is 0 Å². The molecule has 1 aromatic carbocycles. The lowest BCUT2D eigenvalue weighted by Crippen LogP contribution is -2.45. The maximum absolute atomic E-state index is 11.7. The highest BCUT2D eigenvalue weighted by Crippen LogP contribution is 2.14. The maximum Gasteiger partial charge on any atom is 0.257 e. The molecule has 1 heterocycles. The van der Waals surface area contributed by atoms with Crippen LogP contribution in [0.1, 0.15) is 18.4 Å². The zero-order valence-electron chi connectivity index (χ0n) is 13.3. The highest BCUT2D eigenvalue weighted by Gasteiger charge is 2.14. The van der Waals surface area contributed by atoms with Gasteiger partial charge < -0.3 is 15.4 Å². The number of hydrogen-bond acceptors (Lipinski definition) is 5. The number of hydrazine groups is 1. The number of hydrogen-bond donors (Lipinski definition) is 4. The first-order valence-corrected chi connectivity index (χ1v) is 7.87. The molecule has 0 radical (unpaired) electrons. The van der Waals surface area contributed by atoms with E-state index in [1.165, 1.54) is 6.42 Å². The van der Waals surface area contributed by atoms with Crippen LogP contribution in [-0.4, -0.2) is 44.0 Å². The first-order valence-electron chi connectivity index (χ1n) is 7.87. The Bertz CT molecular complexity index is 556. The monoisotopic (exact) mass is 334 g/mol. The van der Waals surface area contributed by atoms with Crippen LogP contribution in [0, 0.1) is 0 Å². The second-order valence-electron chi connectivity index (χ2n) is 5.52. The summed E-state index contributed by atoms with van der Waals surface area (Å²) in [7, 11) is 0. The second-order valence-corrected chi connectivity index (χ2v) is 5.52. The lowest BCUT2D eigenvalue weighted by atomic mass is 10.1. The summed E-state index contributed by atoms with van der Waals surface area (Å²) >= 11 is 0. The van der Waals surface area contributed by atoms with Crippen LogP contribution < -0.4 is 26.2 Å². The number of rotatable bonds is 8. The molecule has 1 aromatic rings. The molecule has 2 rings (SSSR count). The standard InChI is InChI=1S/C16H22N4O4/c21-11-17-9-16(23)20-19-15(22)8-12-3-5-14(6-4-12)24-10-13-2-1-7-18-13/h3-6,11,13,18H,1-2,7-10H2,(H,17,21)(H,19,22)(H,20,23). The molecule has 1 aliphatic heterocycles. The molecule has 0 spiro atoms. The largest absolute Gasteiger partial charge is 0.492 e. The topological polar surface area (TPSA) is 109 Å². The van der Waals surface area contributed by atoms with E-state index in [4.69, 9.17) is 4.74 Å². The lowest BCUT2D eigenvalue weighted by Gasteiger charge is -2.12. The predicted molar refractivity (Wildman–Crippen MR) is 87.0 cm³/mol. The third-order valence-corrected chi connectivity index (χ3v) is 3.59. The van der Waals surface area contributed by atoms with Gasteiger partial charge in [-0.3, -0.25) is 25.2 Å². The fourth-order valence-electron chi connectivity index (χ4n) is 2.35. The quantitative estimate of drug-likeness (QED) is 0.370. The Labute approximate surface area is 140 Å². The van der Waals surface area contributed by atoms with Crippen LogP contribution in [0.15, 0.2) is 24.3 Å². The van der Waals surface area contributed by atoms with Crippen molar-refractivity contribution in [1.82, 2.24) is 21.5 Å². The Balaban J connectivity index is 1.69. The van der Waals surface area contributed by atoms with Gasteiger partial charge in [0.15, 0.2) is 0 Å². The molecule has 1 unspecified atom stereocenters. The van der Waals surface area contributed by atoms with Gasteiger partial charge in [-0.1, -0.05) is 12.1 Å². The van der Waals surface area contributed by atoms with Crippen LogP contribution in [0.4, 0.5) is 0 Å². The van der Waals surface area contributed by atoms with Crippen molar-refractivity contribution in [2.75, 3.05) is 19.7 Å². The van der Waals surface area contributed by atoms with Gasteiger partial charge in [-0.15, -0.1) is 0 Å². The van der Waals surface area contributed by atoms with E-state index in [0.717, 1.165) is 24.3 Å². The molecule has 0 bridgehead atoms. The molecule has 8 nitrogen and oxygen atoms in total. The first-order chi connectivity index (χ1) is 11.7. The van der Waals surface area contributed by atoms with Crippen molar-refractivity contribution in [1.29, 1.82) is 0 Å². The predicted octanol–water partition coefficient (Wildman–Crippen LogP) is -0.747. The van der Waals surface area contributed by atoms with Gasteiger partial charge in [-0.25, -0.2) is 0 Å². The average molecular weight is 334 g/mol. The average Bonchev–Trinajstić information content (AvgIpc) is 3.11. The van der Waals surface area contributed by atoms with E-state index >= 15 is 0 Å². The minimum Gasteiger partial charge on any atom is -0.492 e. The number of carbonyl (C=O) groups is 3. The number of carbonyl (C=O) groups excluding carboxylic acids is 3. The van der Waals surface area contributed by atoms with Gasteiger partial charge in [0.25, 0.3) is 5.91 Å². The van der Waals surface area contributed by atoms with Crippen LogP contribution in [0.3, 0.4) is 0 Å². The highest BCUT2D eigenvalue weighted by atomic mass is 16.5. The van der Waals surface area contributed by atoms with Gasteiger partial charge in [0.05, 0.1) is 13.0 Å². The molecule has 8 heteroatoms. The molecule has 0 aromatic heterocycles. The Morgan fingerprint density at radius 3 is 2.62 bits per heavy atom. The molecule has 1 saturated heterocycles. The molecule has 1 atom stereocenters. The molecule has 3 amide bonds. The summed E-state index contributed by atoms with van der Waals surface area (Å²) in [4.78, 5) is 33.0. The smallest absolute Gasteiger partial charge is 0.257 e. The molecular formula is C16H22N4O4. The molecule has 1 aliphatic rings. The van der Waals surface area contributed by atoms with Gasteiger partial charge in [0, 0.05) is 6.04 Å². The maximum atomic E-state index is 11.7. The van der Waals surface area contributed by atoms with Crippen LogP contribution in [0.25, 0.3) is 0 Å². The van der Waals surface area contributed by atoms with Crippen molar-refractivity contribution in [2.45, 2.75) is 25.3 Å². The number of amides is 3. The SMILES string of the molecule is O=CNCC(=O)NNC(=O)Cc1ccc(OCC2CCCN2)cc1. The summed E-state index contributed by atoms with van der Waals surface area (Å²) in [6.07, 6.45) is 2.86. The highest BCUT2D eigenvalue weighted by molar-refractivity contribution is 5.84. The lowest BCUT2D eigenvalue weighted by molar-refractivity contribution is -0.128. The van der Waals surface area contributed by atoms with Crippen LogP contribution in [0.5, 0.6) is 5.75 Å². The van der Waals surface area contributed by atoms with E-state index < -0.39 is 5.91 Å². The summed E-state index contributed by atoms with van der Waals surface area (Å²) in [5, 5.41) is 5.56. The van der Waals surface area contributed by atoms with Crippen molar-refractivity contribution in [2.24, 2.45) is 0 Å². The molecule has 24 heavy (non-hydrogen) atoms. The summed E-state index contributed by atoms with van der Waals surface area (Å²) < 4.78 is 5.71. The molecule has 0 aliphatic carbocycles. The van der Waals surface area contributed by atoms with Crippen molar-refractivity contribution in [3.63, 3.8) is 0 Å². The van der Waals surface area contributed by atoms with E-state index in [9.17, 15) is 14.4 Å². The molecule has 0 saturated carbocycles. The summed E-state index contributed by atoms with van der Waals surface area (Å²) in [5.74, 6) is -0.0842. The van der Waals surface area contributed by atoms with Gasteiger partial charge >= 0.3 is 0 Å². The van der Waals surface area contributed by atoms with E-state index in [0.29, 0.717) is 19.1 Å². The van der Waals surface area contributed by atoms with Crippen molar-refractivity contribution in [3.05, 3.63) is 29.8 Å². The minimum atomic E-state index is -0.500. The van der Waals surface area contributed by atoms with E-state index in [-0.39, 0.29) is 18.9 Å². The fraction of sp³-hybridized carbons (Fsp3) is 0.438. The summed E-state index contributed by atoms with van der Waals surface area (Å²) in [5.41, 5.74) is 5.30. The molecular weight excluding hydrogens is 312 g/mol. The van der Waals surface area contributed by atoms with Gasteiger partial charge in [0.1, 0.15) is 12.4 Å². The Morgan fingerprint density at radius 1 is 1.21 bits per heavy atom. The zero-order chi connectivity index (χ0) is 17.2. The van der Waals surface area contributed by atoms with Crippen molar-refractivity contribution in [3.8, 4) is 5.75 Å². The Hall–Kier alpha value is -2.61. The van der Waals surface area contributed by atoms with E-state index in [2.05, 4.69) is 21.5 Å². The number of ether oxygens (including phenoxy) is 1. The molecule has 4 N–H and O–H groups in total. The molecule has 130 valence electrons. The van der Waals surface area contributed by atoms with Crippen LogP contribution >= 0.6 is 0 Å². The fourth-order valence-corrected chi connectivity index (χ4v) is 2.35. The number of benzene rings is 1. The van der Waals surface area contributed by atoms with E-state index in [1.807, 2.05) is 24.3 Å².